The first-order valence-corrected chi connectivity index (χ1v) is 8.98. The Morgan fingerprint density at radius 3 is 2.35 bits per heavy atom. The Kier molecular flexibility index (Phi) is 6.27. The molecule has 0 unspecified atom stereocenters. The van der Waals surface area contributed by atoms with Crippen molar-refractivity contribution in [1.29, 1.82) is 0 Å². The molecule has 0 aliphatic rings. The Hall–Kier alpha value is -3.44. The summed E-state index contributed by atoms with van der Waals surface area (Å²) in [6.07, 6.45) is -6.22. The SMILES string of the molecule is CCc1ccc(-c2cc(C(F)(F)F)nc(N/N=C/c3ccn(CC(F)(F)F)n3)n2)cc1. The minimum atomic E-state index is -4.71. The maximum Gasteiger partial charge on any atom is 0.433 e. The first-order valence-electron chi connectivity index (χ1n) is 8.98. The van der Waals surface area contributed by atoms with E-state index in [0.717, 1.165) is 30.5 Å². The lowest BCUT2D eigenvalue weighted by Gasteiger charge is -2.10. The lowest BCUT2D eigenvalue weighted by Crippen LogP contribution is -2.18. The third-order valence-corrected chi connectivity index (χ3v) is 4.04. The van der Waals surface area contributed by atoms with Crippen LogP contribution in [0.3, 0.4) is 0 Å². The highest BCUT2D eigenvalue weighted by Gasteiger charge is 2.34. The number of nitrogens with one attached hydrogen (secondary N) is 1. The monoisotopic (exact) mass is 442 g/mol. The van der Waals surface area contributed by atoms with E-state index in [0.29, 0.717) is 10.2 Å². The summed E-state index contributed by atoms with van der Waals surface area (Å²) in [5.41, 5.74) is 2.69. The normalized spacial score (nSPS) is 12.5. The smallest absolute Gasteiger partial charge is 0.263 e. The van der Waals surface area contributed by atoms with Gasteiger partial charge in [-0.05, 0) is 24.1 Å². The average Bonchev–Trinajstić information content (AvgIpc) is 3.12. The van der Waals surface area contributed by atoms with Gasteiger partial charge in [-0.3, -0.25) is 4.68 Å². The molecule has 0 aliphatic heterocycles. The number of halogens is 6. The van der Waals surface area contributed by atoms with Crippen molar-refractivity contribution < 1.29 is 26.3 Å². The number of anilines is 1. The van der Waals surface area contributed by atoms with Gasteiger partial charge in [0, 0.05) is 11.8 Å². The van der Waals surface area contributed by atoms with Crippen molar-refractivity contribution in [3.63, 3.8) is 0 Å². The molecule has 164 valence electrons. The molecule has 0 aliphatic carbocycles. The van der Waals surface area contributed by atoms with Crippen LogP contribution in [-0.2, 0) is 19.1 Å². The second-order valence-electron chi connectivity index (χ2n) is 6.43. The van der Waals surface area contributed by atoms with Crippen molar-refractivity contribution in [2.45, 2.75) is 32.2 Å². The van der Waals surface area contributed by atoms with Crippen LogP contribution in [0.15, 0.2) is 47.7 Å². The summed E-state index contributed by atoms with van der Waals surface area (Å²) in [5.74, 6) is -0.421. The van der Waals surface area contributed by atoms with Crippen LogP contribution in [-0.4, -0.2) is 32.1 Å². The molecule has 0 amide bonds. The highest BCUT2D eigenvalue weighted by molar-refractivity contribution is 5.77. The Labute approximate surface area is 172 Å². The van der Waals surface area contributed by atoms with Crippen LogP contribution in [0.2, 0.25) is 0 Å². The molecule has 0 bridgehead atoms. The number of benzene rings is 1. The van der Waals surface area contributed by atoms with E-state index < -0.39 is 30.5 Å². The molecule has 3 aromatic rings. The van der Waals surface area contributed by atoms with Gasteiger partial charge in [0.1, 0.15) is 12.2 Å². The molecule has 2 aromatic heterocycles. The van der Waals surface area contributed by atoms with Gasteiger partial charge in [-0.2, -0.15) is 36.5 Å². The van der Waals surface area contributed by atoms with E-state index >= 15 is 0 Å². The minimum Gasteiger partial charge on any atom is -0.263 e. The molecule has 6 nitrogen and oxygen atoms in total. The largest absolute Gasteiger partial charge is 0.433 e. The van der Waals surface area contributed by atoms with E-state index in [1.54, 1.807) is 24.3 Å². The Morgan fingerprint density at radius 1 is 1.03 bits per heavy atom. The number of hydrogen-bond acceptors (Lipinski definition) is 5. The molecule has 3 rings (SSSR count). The highest BCUT2D eigenvalue weighted by atomic mass is 19.4. The second kappa shape index (κ2) is 8.74. The summed E-state index contributed by atoms with van der Waals surface area (Å²) in [4.78, 5) is 7.46. The fraction of sp³-hybridized carbons (Fsp3) is 0.263. The van der Waals surface area contributed by atoms with Gasteiger partial charge in [-0.15, -0.1) is 0 Å². The predicted octanol–water partition coefficient (Wildman–Crippen LogP) is 4.93. The van der Waals surface area contributed by atoms with Crippen molar-refractivity contribution in [3.8, 4) is 11.3 Å². The number of rotatable bonds is 6. The molecule has 0 saturated carbocycles. The second-order valence-corrected chi connectivity index (χ2v) is 6.43. The standard InChI is InChI=1S/C19H16F6N6/c1-2-12-3-5-13(6-4-12)15-9-16(19(23,24)25)28-17(27-15)29-26-10-14-7-8-31(30-14)11-18(20,21)22/h3-10H,2,11H2,1H3,(H,27,28,29)/b26-10+. The number of aryl methyl sites for hydroxylation is 1. The van der Waals surface area contributed by atoms with E-state index in [-0.39, 0.29) is 11.4 Å². The molecule has 0 saturated heterocycles. The fourth-order valence-electron chi connectivity index (χ4n) is 2.58. The molecular weight excluding hydrogens is 426 g/mol. The van der Waals surface area contributed by atoms with Gasteiger partial charge < -0.3 is 0 Å². The molecule has 2 heterocycles. The van der Waals surface area contributed by atoms with Gasteiger partial charge in [0.15, 0.2) is 5.69 Å². The molecule has 12 heteroatoms. The van der Waals surface area contributed by atoms with E-state index in [1.165, 1.54) is 6.07 Å². The average molecular weight is 442 g/mol. The first kappa shape index (κ1) is 22.2. The number of nitrogens with zero attached hydrogens (tertiary/aromatic N) is 5. The van der Waals surface area contributed by atoms with Crippen molar-refractivity contribution in [1.82, 2.24) is 19.7 Å². The molecule has 0 fully saturated rings. The topological polar surface area (TPSA) is 68.0 Å². The van der Waals surface area contributed by atoms with Gasteiger partial charge in [-0.1, -0.05) is 31.2 Å². The summed E-state index contributed by atoms with van der Waals surface area (Å²) in [6.45, 7) is 0.679. The number of hydrazone groups is 1. The van der Waals surface area contributed by atoms with Crippen LogP contribution in [0.5, 0.6) is 0 Å². The lowest BCUT2D eigenvalue weighted by molar-refractivity contribution is -0.143. The van der Waals surface area contributed by atoms with Gasteiger partial charge in [0.2, 0.25) is 5.95 Å². The van der Waals surface area contributed by atoms with Gasteiger partial charge in [-0.25, -0.2) is 15.4 Å². The summed E-state index contributed by atoms with van der Waals surface area (Å²) in [6, 6.07) is 8.98. The Morgan fingerprint density at radius 2 is 1.74 bits per heavy atom. The number of aromatic nitrogens is 4. The zero-order valence-corrected chi connectivity index (χ0v) is 16.0. The van der Waals surface area contributed by atoms with Crippen LogP contribution in [0.4, 0.5) is 32.3 Å². The fourth-order valence-corrected chi connectivity index (χ4v) is 2.58. The van der Waals surface area contributed by atoms with E-state index in [1.807, 2.05) is 6.92 Å². The molecule has 31 heavy (non-hydrogen) atoms. The number of hydrogen-bond donors (Lipinski definition) is 1. The molecule has 0 radical (unpaired) electrons. The van der Waals surface area contributed by atoms with Crippen molar-refractivity contribution in [2.75, 3.05) is 5.43 Å². The van der Waals surface area contributed by atoms with Gasteiger partial charge in [0.25, 0.3) is 0 Å². The predicted molar refractivity (Wildman–Crippen MR) is 101 cm³/mol. The molecule has 1 aromatic carbocycles. The van der Waals surface area contributed by atoms with Crippen LogP contribution in [0, 0.1) is 0 Å². The first-order chi connectivity index (χ1) is 14.5. The zero-order chi connectivity index (χ0) is 22.6. The van der Waals surface area contributed by atoms with Gasteiger partial charge >= 0.3 is 12.4 Å². The molecule has 1 N–H and O–H groups in total. The molecular formula is C19H16F6N6. The van der Waals surface area contributed by atoms with Crippen molar-refractivity contribution in [2.24, 2.45) is 5.10 Å². The number of alkyl halides is 6. The summed E-state index contributed by atoms with van der Waals surface area (Å²) in [7, 11) is 0. The van der Waals surface area contributed by atoms with Crippen molar-refractivity contribution >= 4 is 12.2 Å². The maximum absolute atomic E-state index is 13.2. The molecule has 0 spiro atoms. The summed E-state index contributed by atoms with van der Waals surface area (Å²) in [5, 5.41) is 7.33. The molecule has 0 atom stereocenters. The Balaban J connectivity index is 1.82. The van der Waals surface area contributed by atoms with Crippen LogP contribution < -0.4 is 5.43 Å². The van der Waals surface area contributed by atoms with Crippen LogP contribution in [0.25, 0.3) is 11.3 Å². The minimum absolute atomic E-state index is 0.0390. The van der Waals surface area contributed by atoms with E-state index in [2.05, 4.69) is 25.6 Å². The van der Waals surface area contributed by atoms with Crippen LogP contribution in [0.1, 0.15) is 23.9 Å². The highest BCUT2D eigenvalue weighted by Crippen LogP contribution is 2.31. The van der Waals surface area contributed by atoms with Gasteiger partial charge in [0.05, 0.1) is 11.9 Å². The quantitative estimate of drug-likeness (QED) is 0.334. The van der Waals surface area contributed by atoms with E-state index in [4.69, 9.17) is 0 Å². The third kappa shape index (κ3) is 6.27. The lowest BCUT2D eigenvalue weighted by atomic mass is 10.1. The maximum atomic E-state index is 13.2. The van der Waals surface area contributed by atoms with Crippen molar-refractivity contribution in [3.05, 3.63) is 59.5 Å². The van der Waals surface area contributed by atoms with E-state index in [9.17, 15) is 26.3 Å². The van der Waals surface area contributed by atoms with Crippen LogP contribution >= 0.6 is 0 Å². The summed E-state index contributed by atoms with van der Waals surface area (Å²) >= 11 is 0. The zero-order valence-electron chi connectivity index (χ0n) is 16.0. The summed E-state index contributed by atoms with van der Waals surface area (Å²) < 4.78 is 77.5. The Bertz CT molecular complexity index is 1050. The third-order valence-electron chi connectivity index (χ3n) is 4.04.